The maximum atomic E-state index is 12.7. The van der Waals surface area contributed by atoms with Crippen LogP contribution in [0.3, 0.4) is 0 Å². The Morgan fingerprint density at radius 3 is 2.60 bits per heavy atom. The van der Waals surface area contributed by atoms with Gasteiger partial charge in [-0.05, 0) is 44.0 Å². The highest BCUT2D eigenvalue weighted by atomic mass is 16.3. The smallest absolute Gasteiger partial charge is 0.316 e. The van der Waals surface area contributed by atoms with E-state index in [1.54, 1.807) is 36.1 Å². The molecular formula is C21H22N4O5. The minimum atomic E-state index is -0.712. The number of piperidine rings is 1. The molecule has 0 saturated carbocycles. The molecule has 1 aliphatic heterocycles. The quantitative estimate of drug-likeness (QED) is 0.630. The van der Waals surface area contributed by atoms with Crippen molar-refractivity contribution in [2.24, 2.45) is 0 Å². The molecule has 0 radical (unpaired) electrons. The van der Waals surface area contributed by atoms with Gasteiger partial charge in [-0.15, -0.1) is 0 Å². The van der Waals surface area contributed by atoms with Crippen LogP contribution in [0.25, 0.3) is 11.0 Å². The number of aromatic nitrogens is 2. The molecule has 2 aromatic heterocycles. The Morgan fingerprint density at radius 2 is 1.93 bits per heavy atom. The van der Waals surface area contributed by atoms with Gasteiger partial charge in [-0.25, -0.2) is 0 Å². The Balaban J connectivity index is 1.44. The molecule has 0 unspecified atom stereocenters. The van der Waals surface area contributed by atoms with Crippen molar-refractivity contribution in [3.8, 4) is 0 Å². The Kier molecular flexibility index (Phi) is 5.26. The monoisotopic (exact) mass is 410 g/mol. The zero-order valence-electron chi connectivity index (χ0n) is 16.5. The van der Waals surface area contributed by atoms with Crippen molar-refractivity contribution in [3.63, 3.8) is 0 Å². The van der Waals surface area contributed by atoms with Crippen molar-refractivity contribution in [2.45, 2.75) is 32.4 Å². The third-order valence-electron chi connectivity index (χ3n) is 5.44. The number of likely N-dealkylation sites (tertiary alicyclic amines) is 1. The Morgan fingerprint density at radius 1 is 1.17 bits per heavy atom. The number of aryl methyl sites for hydroxylation is 1. The van der Waals surface area contributed by atoms with Gasteiger partial charge in [0.1, 0.15) is 6.26 Å². The maximum absolute atomic E-state index is 12.7. The molecule has 0 atom stereocenters. The number of carbonyl (C=O) groups is 2. The maximum Gasteiger partial charge on any atom is 0.316 e. The summed E-state index contributed by atoms with van der Waals surface area (Å²) in [4.78, 5) is 53.2. The third-order valence-corrected chi connectivity index (χ3v) is 5.44. The molecule has 2 amide bonds. The van der Waals surface area contributed by atoms with Gasteiger partial charge < -0.3 is 24.2 Å². The van der Waals surface area contributed by atoms with Gasteiger partial charge in [0.15, 0.2) is 0 Å². The van der Waals surface area contributed by atoms with Crippen molar-refractivity contribution < 1.29 is 14.0 Å². The van der Waals surface area contributed by atoms with E-state index in [0.29, 0.717) is 54.6 Å². The number of amides is 2. The predicted octanol–water partition coefficient (Wildman–Crippen LogP) is 1.34. The minimum Gasteiger partial charge on any atom is -0.472 e. The Labute approximate surface area is 171 Å². The van der Waals surface area contributed by atoms with Crippen LogP contribution in [0.2, 0.25) is 0 Å². The van der Waals surface area contributed by atoms with E-state index in [-0.39, 0.29) is 17.9 Å². The van der Waals surface area contributed by atoms with Gasteiger partial charge in [0.05, 0.1) is 22.9 Å². The molecule has 1 aromatic carbocycles. The first-order chi connectivity index (χ1) is 14.5. The molecule has 156 valence electrons. The number of H-pyrrole nitrogens is 1. The number of furan rings is 1. The van der Waals surface area contributed by atoms with Gasteiger partial charge in [0.25, 0.3) is 11.8 Å². The molecule has 4 rings (SSSR count). The van der Waals surface area contributed by atoms with Gasteiger partial charge in [-0.3, -0.25) is 19.2 Å². The third kappa shape index (κ3) is 3.66. The number of carbonyl (C=O) groups excluding carboxylic acids is 2. The van der Waals surface area contributed by atoms with E-state index in [1.807, 2.05) is 0 Å². The second-order valence-electron chi connectivity index (χ2n) is 7.29. The van der Waals surface area contributed by atoms with Crippen LogP contribution in [0.4, 0.5) is 0 Å². The molecule has 1 fully saturated rings. The average molecular weight is 410 g/mol. The number of rotatable bonds is 4. The molecule has 3 aromatic rings. The second-order valence-corrected chi connectivity index (χ2v) is 7.29. The van der Waals surface area contributed by atoms with Gasteiger partial charge in [-0.1, -0.05) is 0 Å². The van der Waals surface area contributed by atoms with E-state index >= 15 is 0 Å². The molecule has 0 aliphatic carbocycles. The number of benzene rings is 1. The van der Waals surface area contributed by atoms with Gasteiger partial charge >= 0.3 is 11.1 Å². The van der Waals surface area contributed by atoms with E-state index < -0.39 is 11.1 Å². The summed E-state index contributed by atoms with van der Waals surface area (Å²) in [6, 6.07) is 6.47. The first-order valence-electron chi connectivity index (χ1n) is 9.87. The fraction of sp³-hybridized carbons (Fsp3) is 0.333. The highest BCUT2D eigenvalue weighted by Crippen LogP contribution is 2.16. The fourth-order valence-corrected chi connectivity index (χ4v) is 3.80. The Hall–Kier alpha value is -3.62. The SMILES string of the molecule is CCn1c(=O)c(=O)[nH]c2cc(C(=O)NC3CCN(C(=O)c4ccoc4)CC3)ccc21. The van der Waals surface area contributed by atoms with Crippen molar-refractivity contribution in [1.29, 1.82) is 0 Å². The summed E-state index contributed by atoms with van der Waals surface area (Å²) in [5, 5.41) is 2.99. The second kappa shape index (κ2) is 8.02. The van der Waals surface area contributed by atoms with E-state index in [1.165, 1.54) is 17.1 Å². The topological polar surface area (TPSA) is 117 Å². The zero-order valence-corrected chi connectivity index (χ0v) is 16.5. The van der Waals surface area contributed by atoms with E-state index in [9.17, 15) is 19.2 Å². The standard InChI is InChI=1S/C21H22N4O5/c1-2-25-17-4-3-13(11-16(17)23-19(27)21(25)29)18(26)22-15-5-8-24(9-6-15)20(28)14-7-10-30-12-14/h3-4,7,10-12,15H,2,5-6,8-9H2,1H3,(H,22,26)(H,23,27). The van der Waals surface area contributed by atoms with Crippen molar-refractivity contribution in [1.82, 2.24) is 19.8 Å². The highest BCUT2D eigenvalue weighted by Gasteiger charge is 2.25. The number of aromatic amines is 1. The largest absolute Gasteiger partial charge is 0.472 e. The van der Waals surface area contributed by atoms with Crippen LogP contribution in [0.1, 0.15) is 40.5 Å². The lowest BCUT2D eigenvalue weighted by atomic mass is 10.0. The first-order valence-corrected chi connectivity index (χ1v) is 9.87. The molecule has 3 heterocycles. The van der Waals surface area contributed by atoms with Crippen molar-refractivity contribution in [3.05, 3.63) is 68.6 Å². The highest BCUT2D eigenvalue weighted by molar-refractivity contribution is 5.97. The lowest BCUT2D eigenvalue weighted by Gasteiger charge is -2.32. The molecule has 0 bridgehead atoms. The van der Waals surface area contributed by atoms with Crippen molar-refractivity contribution >= 4 is 22.8 Å². The number of hydrogen-bond acceptors (Lipinski definition) is 5. The van der Waals surface area contributed by atoms with E-state index in [4.69, 9.17) is 4.42 Å². The Bertz CT molecular complexity index is 1200. The van der Waals surface area contributed by atoms with E-state index in [0.717, 1.165) is 0 Å². The van der Waals surface area contributed by atoms with Crippen LogP contribution >= 0.6 is 0 Å². The summed E-state index contributed by atoms with van der Waals surface area (Å²) in [5.74, 6) is -0.333. The van der Waals surface area contributed by atoms with Crippen LogP contribution in [0.15, 0.2) is 50.8 Å². The zero-order chi connectivity index (χ0) is 21.3. The molecule has 9 heteroatoms. The summed E-state index contributed by atoms with van der Waals surface area (Å²) in [7, 11) is 0. The average Bonchev–Trinajstić information content (AvgIpc) is 3.29. The molecule has 2 N–H and O–H groups in total. The van der Waals surface area contributed by atoms with Crippen LogP contribution in [0, 0.1) is 0 Å². The number of nitrogens with one attached hydrogen (secondary N) is 2. The summed E-state index contributed by atoms with van der Waals surface area (Å²) in [5.41, 5.74) is 0.611. The summed E-state index contributed by atoms with van der Waals surface area (Å²) < 4.78 is 6.34. The summed E-state index contributed by atoms with van der Waals surface area (Å²) in [6.07, 6.45) is 4.19. The van der Waals surface area contributed by atoms with Crippen molar-refractivity contribution in [2.75, 3.05) is 13.1 Å². The van der Waals surface area contributed by atoms with Gasteiger partial charge in [0.2, 0.25) is 0 Å². The normalized spacial score (nSPS) is 14.8. The molecule has 1 aliphatic rings. The fourth-order valence-electron chi connectivity index (χ4n) is 3.80. The molecule has 0 spiro atoms. The minimum absolute atomic E-state index is 0.0507. The molecule has 30 heavy (non-hydrogen) atoms. The van der Waals surface area contributed by atoms with Crippen LogP contribution in [-0.4, -0.2) is 45.4 Å². The number of hydrogen-bond donors (Lipinski definition) is 2. The van der Waals surface area contributed by atoms with Gasteiger partial charge in [-0.2, -0.15) is 0 Å². The van der Waals surface area contributed by atoms with E-state index in [2.05, 4.69) is 10.3 Å². The van der Waals surface area contributed by atoms with Crippen LogP contribution in [-0.2, 0) is 6.54 Å². The lowest BCUT2D eigenvalue weighted by molar-refractivity contribution is 0.0697. The molecular weight excluding hydrogens is 388 g/mol. The number of fused-ring (bicyclic) bond motifs is 1. The molecule has 9 nitrogen and oxygen atoms in total. The summed E-state index contributed by atoms with van der Waals surface area (Å²) in [6.45, 7) is 3.23. The summed E-state index contributed by atoms with van der Waals surface area (Å²) >= 11 is 0. The van der Waals surface area contributed by atoms with Gasteiger partial charge in [0, 0.05) is 31.2 Å². The van der Waals surface area contributed by atoms with Crippen LogP contribution in [0.5, 0.6) is 0 Å². The molecule has 1 saturated heterocycles. The lowest BCUT2D eigenvalue weighted by Crippen LogP contribution is -2.46. The first kappa shape index (κ1) is 19.7. The predicted molar refractivity (Wildman–Crippen MR) is 110 cm³/mol. The number of nitrogens with zero attached hydrogens (tertiary/aromatic N) is 2. The van der Waals surface area contributed by atoms with Crippen LogP contribution < -0.4 is 16.4 Å².